The molecule has 0 saturated heterocycles. The molecule has 1 rings (SSSR count). The van der Waals surface area contributed by atoms with E-state index in [1.54, 1.807) is 12.1 Å². The lowest BCUT2D eigenvalue weighted by molar-refractivity contribution is 0.252. The van der Waals surface area contributed by atoms with Gasteiger partial charge in [0.05, 0.1) is 0 Å². The number of thioether (sulfide) groups is 1. The van der Waals surface area contributed by atoms with Crippen molar-refractivity contribution in [2.45, 2.75) is 10.7 Å². The fourth-order valence-electron chi connectivity index (χ4n) is 0.816. The fourth-order valence-corrected chi connectivity index (χ4v) is 1.31. The quantitative estimate of drug-likeness (QED) is 0.449. The minimum Gasteiger partial charge on any atom is -0.384 e. The topological polar surface area (TPSA) is 49.9 Å². The molecule has 0 aliphatic carbocycles. The summed E-state index contributed by atoms with van der Waals surface area (Å²) in [5, 5.41) is 7.07. The first-order chi connectivity index (χ1) is 6.09. The number of alkyl halides is 2. The number of halogens is 2. The van der Waals surface area contributed by atoms with E-state index in [1.165, 1.54) is 12.1 Å². The molecule has 0 saturated carbocycles. The summed E-state index contributed by atoms with van der Waals surface area (Å²) >= 11 is 0.474. The number of benzene rings is 1. The SMILES string of the molecule is N=C(N)c1ccc(SC(F)F)cc1. The summed E-state index contributed by atoms with van der Waals surface area (Å²) < 4.78 is 23.8. The third kappa shape index (κ3) is 3.02. The molecule has 0 amide bonds. The Morgan fingerprint density at radius 3 is 2.23 bits per heavy atom. The van der Waals surface area contributed by atoms with Gasteiger partial charge in [0.15, 0.2) is 0 Å². The number of rotatable bonds is 3. The Morgan fingerprint density at radius 2 is 1.85 bits per heavy atom. The Hall–Kier alpha value is -1.10. The lowest BCUT2D eigenvalue weighted by atomic mass is 10.2. The number of amidine groups is 1. The van der Waals surface area contributed by atoms with Crippen LogP contribution in [0.2, 0.25) is 0 Å². The molecule has 0 radical (unpaired) electrons. The number of nitrogen functional groups attached to an aromatic ring is 1. The lowest BCUT2D eigenvalue weighted by Gasteiger charge is -2.01. The van der Waals surface area contributed by atoms with Crippen LogP contribution >= 0.6 is 11.8 Å². The molecule has 3 N–H and O–H groups in total. The maximum atomic E-state index is 11.9. The first-order valence-corrected chi connectivity index (χ1v) is 4.37. The summed E-state index contributed by atoms with van der Waals surface area (Å²) in [5.41, 5.74) is 5.73. The molecule has 2 nitrogen and oxygen atoms in total. The van der Waals surface area contributed by atoms with Crippen LogP contribution in [-0.4, -0.2) is 11.6 Å². The van der Waals surface area contributed by atoms with Crippen LogP contribution in [0, 0.1) is 5.41 Å². The molecule has 1 aromatic rings. The summed E-state index contributed by atoms with van der Waals surface area (Å²) in [4.78, 5) is 0.472. The van der Waals surface area contributed by atoms with Crippen molar-refractivity contribution in [1.82, 2.24) is 0 Å². The monoisotopic (exact) mass is 202 g/mol. The summed E-state index contributed by atoms with van der Waals surface area (Å²) in [7, 11) is 0. The van der Waals surface area contributed by atoms with Crippen LogP contribution in [0.3, 0.4) is 0 Å². The van der Waals surface area contributed by atoms with E-state index >= 15 is 0 Å². The van der Waals surface area contributed by atoms with E-state index in [4.69, 9.17) is 11.1 Å². The van der Waals surface area contributed by atoms with Crippen LogP contribution in [0.15, 0.2) is 29.2 Å². The van der Waals surface area contributed by atoms with Gasteiger partial charge in [0.1, 0.15) is 5.84 Å². The van der Waals surface area contributed by atoms with Gasteiger partial charge in [-0.05, 0) is 12.1 Å². The Bertz CT molecular complexity index is 298. The highest BCUT2D eigenvalue weighted by atomic mass is 32.2. The van der Waals surface area contributed by atoms with Crippen molar-refractivity contribution in [1.29, 1.82) is 5.41 Å². The molecular weight excluding hydrogens is 194 g/mol. The van der Waals surface area contributed by atoms with Gasteiger partial charge >= 0.3 is 0 Å². The van der Waals surface area contributed by atoms with Gasteiger partial charge in [-0.3, -0.25) is 5.41 Å². The molecule has 0 aromatic heterocycles. The lowest BCUT2D eigenvalue weighted by Crippen LogP contribution is -2.10. The van der Waals surface area contributed by atoms with Crippen molar-refractivity contribution in [2.24, 2.45) is 5.73 Å². The van der Waals surface area contributed by atoms with Crippen molar-refractivity contribution in [3.8, 4) is 0 Å². The smallest absolute Gasteiger partial charge is 0.288 e. The van der Waals surface area contributed by atoms with E-state index in [2.05, 4.69) is 0 Å². The molecule has 0 aliphatic rings. The normalized spacial score (nSPS) is 10.4. The van der Waals surface area contributed by atoms with Gasteiger partial charge in [-0.15, -0.1) is 0 Å². The molecule has 0 unspecified atom stereocenters. The van der Waals surface area contributed by atoms with Crippen LogP contribution in [0.1, 0.15) is 5.56 Å². The van der Waals surface area contributed by atoms with Gasteiger partial charge in [-0.2, -0.15) is 8.78 Å². The van der Waals surface area contributed by atoms with E-state index in [0.717, 1.165) is 0 Å². The number of hydrogen-bond acceptors (Lipinski definition) is 2. The summed E-state index contributed by atoms with van der Waals surface area (Å²) in [6, 6.07) is 6.14. The maximum Gasteiger partial charge on any atom is 0.288 e. The van der Waals surface area contributed by atoms with Gasteiger partial charge in [0.2, 0.25) is 0 Å². The highest BCUT2D eigenvalue weighted by Gasteiger charge is 2.04. The zero-order chi connectivity index (χ0) is 9.84. The van der Waals surface area contributed by atoms with Crippen molar-refractivity contribution in [2.75, 3.05) is 0 Å². The van der Waals surface area contributed by atoms with E-state index < -0.39 is 5.76 Å². The van der Waals surface area contributed by atoms with Crippen LogP contribution in [0.5, 0.6) is 0 Å². The summed E-state index contributed by atoms with van der Waals surface area (Å²) in [6.45, 7) is 0. The zero-order valence-electron chi connectivity index (χ0n) is 6.63. The number of nitrogens with one attached hydrogen (secondary N) is 1. The number of hydrogen-bond donors (Lipinski definition) is 2. The average Bonchev–Trinajstić information content (AvgIpc) is 2.04. The standard InChI is InChI=1S/C8H8F2N2S/c9-8(10)13-6-3-1-5(2-4-6)7(11)12/h1-4,8H,(H3,11,12). The van der Waals surface area contributed by atoms with Gasteiger partial charge in [-0.25, -0.2) is 0 Å². The van der Waals surface area contributed by atoms with Gasteiger partial charge in [0.25, 0.3) is 5.76 Å². The summed E-state index contributed by atoms with van der Waals surface area (Å²) in [5.74, 6) is -2.48. The van der Waals surface area contributed by atoms with Crippen molar-refractivity contribution >= 4 is 17.6 Å². The molecule has 0 bridgehead atoms. The zero-order valence-corrected chi connectivity index (χ0v) is 7.44. The minimum absolute atomic E-state index is 0.0615. The van der Waals surface area contributed by atoms with Crippen LogP contribution in [0.4, 0.5) is 8.78 Å². The molecular formula is C8H8F2N2S. The second-order valence-electron chi connectivity index (χ2n) is 2.32. The van der Waals surface area contributed by atoms with Crippen LogP contribution < -0.4 is 5.73 Å². The van der Waals surface area contributed by atoms with E-state index in [-0.39, 0.29) is 5.84 Å². The van der Waals surface area contributed by atoms with Gasteiger partial charge < -0.3 is 5.73 Å². The first-order valence-electron chi connectivity index (χ1n) is 3.49. The molecule has 70 valence electrons. The Kier molecular flexibility index (Phi) is 3.25. The van der Waals surface area contributed by atoms with Gasteiger partial charge in [0, 0.05) is 10.5 Å². The fraction of sp³-hybridized carbons (Fsp3) is 0.125. The van der Waals surface area contributed by atoms with Gasteiger partial charge in [-0.1, -0.05) is 23.9 Å². The highest BCUT2D eigenvalue weighted by Crippen LogP contribution is 2.24. The van der Waals surface area contributed by atoms with Crippen molar-refractivity contribution < 1.29 is 8.78 Å². The van der Waals surface area contributed by atoms with Crippen LogP contribution in [0.25, 0.3) is 0 Å². The largest absolute Gasteiger partial charge is 0.384 e. The Morgan fingerprint density at radius 1 is 1.31 bits per heavy atom. The van der Waals surface area contributed by atoms with E-state index in [1.807, 2.05) is 0 Å². The Balaban J connectivity index is 2.75. The molecule has 13 heavy (non-hydrogen) atoms. The Labute approximate surface area is 78.6 Å². The second kappa shape index (κ2) is 4.23. The molecule has 0 aliphatic heterocycles. The highest BCUT2D eigenvalue weighted by molar-refractivity contribution is 7.99. The molecule has 1 aromatic carbocycles. The third-order valence-corrected chi connectivity index (χ3v) is 2.11. The predicted octanol–water partition coefficient (Wildman–Crippen LogP) is 2.29. The molecule has 0 atom stereocenters. The molecule has 0 fully saturated rings. The predicted molar refractivity (Wildman–Crippen MR) is 49.3 cm³/mol. The maximum absolute atomic E-state index is 11.9. The van der Waals surface area contributed by atoms with E-state index in [0.29, 0.717) is 22.2 Å². The third-order valence-electron chi connectivity index (χ3n) is 1.39. The molecule has 5 heteroatoms. The minimum atomic E-state index is -2.41. The van der Waals surface area contributed by atoms with Crippen molar-refractivity contribution in [3.63, 3.8) is 0 Å². The summed E-state index contributed by atoms with van der Waals surface area (Å²) in [6.07, 6.45) is 0. The first kappa shape index (κ1) is 9.98. The van der Waals surface area contributed by atoms with Crippen molar-refractivity contribution in [3.05, 3.63) is 29.8 Å². The number of nitrogens with two attached hydrogens (primary N) is 1. The molecule has 0 spiro atoms. The second-order valence-corrected chi connectivity index (χ2v) is 3.38. The molecule has 0 heterocycles. The van der Waals surface area contributed by atoms with E-state index in [9.17, 15) is 8.78 Å². The average molecular weight is 202 g/mol. The van der Waals surface area contributed by atoms with Crippen LogP contribution in [-0.2, 0) is 0 Å².